The molecule has 1 heterocycles. The highest BCUT2D eigenvalue weighted by molar-refractivity contribution is 9.10. The van der Waals surface area contributed by atoms with Crippen LogP contribution in [0, 0.1) is 0 Å². The minimum Gasteiger partial charge on any atom is -0.492 e. The van der Waals surface area contributed by atoms with Crippen molar-refractivity contribution in [3.63, 3.8) is 0 Å². The van der Waals surface area contributed by atoms with Crippen LogP contribution in [0.15, 0.2) is 10.5 Å². The summed E-state index contributed by atoms with van der Waals surface area (Å²) in [5, 5.41) is 0. The number of benzene rings is 1. The van der Waals surface area contributed by atoms with Gasteiger partial charge in [0, 0.05) is 11.1 Å². The fraction of sp³-hybridized carbons (Fsp3) is 0.300. The zero-order chi connectivity index (χ0) is 10.8. The number of hydrogen-bond donors (Lipinski definition) is 0. The Balaban J connectivity index is 2.63. The van der Waals surface area contributed by atoms with Crippen LogP contribution in [0.2, 0.25) is 0 Å². The second kappa shape index (κ2) is 4.20. The molecule has 0 saturated heterocycles. The molecule has 15 heavy (non-hydrogen) atoms. The Hall–Kier alpha value is -1.07. The summed E-state index contributed by atoms with van der Waals surface area (Å²) >= 11 is 3.30. The van der Waals surface area contributed by atoms with E-state index in [0.29, 0.717) is 28.1 Å². The molecule has 0 spiro atoms. The minimum atomic E-state index is 0.205. The van der Waals surface area contributed by atoms with E-state index >= 15 is 0 Å². The minimum absolute atomic E-state index is 0.205. The SMILES string of the molecule is COc1c(Br)c(C=O)cc2c1OCOC2. The summed E-state index contributed by atoms with van der Waals surface area (Å²) in [6.45, 7) is 0.635. The van der Waals surface area contributed by atoms with Crippen LogP contribution in [0.1, 0.15) is 15.9 Å². The normalized spacial score (nSPS) is 14.0. The molecule has 0 fully saturated rings. The Morgan fingerprint density at radius 3 is 3.07 bits per heavy atom. The molecule has 4 nitrogen and oxygen atoms in total. The molecule has 2 rings (SSSR count). The first-order valence-electron chi connectivity index (χ1n) is 4.33. The molecule has 0 amide bonds. The number of hydrogen-bond acceptors (Lipinski definition) is 4. The van der Waals surface area contributed by atoms with Gasteiger partial charge >= 0.3 is 0 Å². The lowest BCUT2D eigenvalue weighted by Gasteiger charge is -2.21. The Bertz CT molecular complexity index is 403. The highest BCUT2D eigenvalue weighted by Gasteiger charge is 2.21. The third kappa shape index (κ3) is 1.72. The number of methoxy groups -OCH3 is 1. The van der Waals surface area contributed by atoms with E-state index in [1.165, 1.54) is 7.11 Å². The van der Waals surface area contributed by atoms with Crippen LogP contribution in [-0.2, 0) is 11.3 Å². The smallest absolute Gasteiger partial charge is 0.189 e. The summed E-state index contributed by atoms with van der Waals surface area (Å²) in [6, 6.07) is 1.73. The van der Waals surface area contributed by atoms with Crippen LogP contribution in [-0.4, -0.2) is 20.2 Å². The van der Waals surface area contributed by atoms with Crippen LogP contribution < -0.4 is 9.47 Å². The van der Waals surface area contributed by atoms with Gasteiger partial charge in [0.2, 0.25) is 0 Å². The number of ether oxygens (including phenoxy) is 3. The first kappa shape index (κ1) is 10.4. The standard InChI is InChI=1S/C10H9BrO4/c1-13-10-8(11)6(3-12)2-7-4-14-5-15-9(7)10/h2-3H,4-5H2,1H3. The van der Waals surface area contributed by atoms with Crippen molar-refractivity contribution in [3.05, 3.63) is 21.7 Å². The average Bonchev–Trinajstić information content (AvgIpc) is 2.28. The van der Waals surface area contributed by atoms with E-state index in [1.54, 1.807) is 6.07 Å². The first-order chi connectivity index (χ1) is 7.27. The van der Waals surface area contributed by atoms with Gasteiger partial charge in [0.1, 0.15) is 0 Å². The van der Waals surface area contributed by atoms with Gasteiger partial charge in [0.25, 0.3) is 0 Å². The van der Waals surface area contributed by atoms with Crippen molar-refractivity contribution in [2.45, 2.75) is 6.61 Å². The highest BCUT2D eigenvalue weighted by Crippen LogP contribution is 2.41. The van der Waals surface area contributed by atoms with Crippen LogP contribution >= 0.6 is 15.9 Å². The largest absolute Gasteiger partial charge is 0.492 e. The quantitative estimate of drug-likeness (QED) is 0.774. The van der Waals surface area contributed by atoms with Crippen molar-refractivity contribution in [1.82, 2.24) is 0 Å². The van der Waals surface area contributed by atoms with E-state index in [0.717, 1.165) is 11.8 Å². The molecule has 0 unspecified atom stereocenters. The topological polar surface area (TPSA) is 44.8 Å². The monoisotopic (exact) mass is 272 g/mol. The summed E-state index contributed by atoms with van der Waals surface area (Å²) in [4.78, 5) is 10.8. The van der Waals surface area contributed by atoms with E-state index in [4.69, 9.17) is 14.2 Å². The summed E-state index contributed by atoms with van der Waals surface area (Å²) < 4.78 is 16.3. The number of fused-ring (bicyclic) bond motifs is 1. The number of halogens is 1. The van der Waals surface area contributed by atoms with E-state index in [-0.39, 0.29) is 6.79 Å². The molecule has 1 aromatic carbocycles. The molecule has 0 N–H and O–H groups in total. The Kier molecular flexibility index (Phi) is 2.93. The molecule has 1 aliphatic heterocycles. The second-order valence-electron chi connectivity index (χ2n) is 3.03. The molecule has 0 aliphatic carbocycles. The fourth-order valence-electron chi connectivity index (χ4n) is 1.48. The maximum absolute atomic E-state index is 10.8. The number of carbonyl (C=O) groups is 1. The maximum atomic E-state index is 10.8. The first-order valence-corrected chi connectivity index (χ1v) is 5.12. The molecule has 1 aliphatic rings. The van der Waals surface area contributed by atoms with E-state index in [2.05, 4.69) is 15.9 Å². The lowest BCUT2D eigenvalue weighted by Crippen LogP contribution is -2.13. The van der Waals surface area contributed by atoms with Gasteiger partial charge in [-0.2, -0.15) is 0 Å². The Labute approximate surface area is 95.3 Å². The van der Waals surface area contributed by atoms with Gasteiger partial charge in [-0.25, -0.2) is 0 Å². The van der Waals surface area contributed by atoms with Gasteiger partial charge in [-0.1, -0.05) is 0 Å². The Morgan fingerprint density at radius 1 is 1.60 bits per heavy atom. The maximum Gasteiger partial charge on any atom is 0.189 e. The molecular formula is C10H9BrO4. The highest BCUT2D eigenvalue weighted by atomic mass is 79.9. The zero-order valence-corrected chi connectivity index (χ0v) is 9.67. The molecule has 1 aromatic rings. The lowest BCUT2D eigenvalue weighted by molar-refractivity contribution is -0.0181. The number of rotatable bonds is 2. The van der Waals surface area contributed by atoms with E-state index < -0.39 is 0 Å². The third-order valence-electron chi connectivity index (χ3n) is 2.16. The van der Waals surface area contributed by atoms with Crippen molar-refractivity contribution < 1.29 is 19.0 Å². The van der Waals surface area contributed by atoms with Crippen LogP contribution in [0.5, 0.6) is 11.5 Å². The van der Waals surface area contributed by atoms with Gasteiger partial charge in [-0.15, -0.1) is 0 Å². The average molecular weight is 273 g/mol. The molecule has 5 heteroatoms. The number of aldehydes is 1. The van der Waals surface area contributed by atoms with Crippen molar-refractivity contribution >= 4 is 22.2 Å². The van der Waals surface area contributed by atoms with Gasteiger partial charge < -0.3 is 14.2 Å². The molecule has 0 radical (unpaired) electrons. The molecule has 0 aromatic heterocycles. The molecule has 0 atom stereocenters. The predicted octanol–water partition coefficient (Wildman–Crippen LogP) is 2.14. The summed E-state index contributed by atoms with van der Waals surface area (Å²) in [6.07, 6.45) is 0.765. The third-order valence-corrected chi connectivity index (χ3v) is 2.97. The van der Waals surface area contributed by atoms with Crippen LogP contribution in [0.25, 0.3) is 0 Å². The van der Waals surface area contributed by atoms with Gasteiger partial charge in [0.05, 0.1) is 18.2 Å². The van der Waals surface area contributed by atoms with Crippen LogP contribution in [0.3, 0.4) is 0 Å². The summed E-state index contributed by atoms with van der Waals surface area (Å²) in [7, 11) is 1.54. The fourth-order valence-corrected chi connectivity index (χ4v) is 2.03. The summed E-state index contributed by atoms with van der Waals surface area (Å²) in [5.41, 5.74) is 1.35. The Morgan fingerprint density at radius 2 is 2.40 bits per heavy atom. The molecule has 0 bridgehead atoms. The molecule has 0 saturated carbocycles. The van der Waals surface area contributed by atoms with Crippen molar-refractivity contribution in [3.8, 4) is 11.5 Å². The van der Waals surface area contributed by atoms with Gasteiger partial charge in [-0.3, -0.25) is 4.79 Å². The molecule has 80 valence electrons. The molecular weight excluding hydrogens is 264 g/mol. The van der Waals surface area contributed by atoms with Gasteiger partial charge in [-0.05, 0) is 22.0 Å². The van der Waals surface area contributed by atoms with Crippen molar-refractivity contribution in [1.29, 1.82) is 0 Å². The predicted molar refractivity (Wildman–Crippen MR) is 56.4 cm³/mol. The van der Waals surface area contributed by atoms with Crippen LogP contribution in [0.4, 0.5) is 0 Å². The second-order valence-corrected chi connectivity index (χ2v) is 3.82. The van der Waals surface area contributed by atoms with Gasteiger partial charge in [0.15, 0.2) is 24.6 Å². The van der Waals surface area contributed by atoms with E-state index in [1.807, 2.05) is 0 Å². The number of carbonyl (C=O) groups excluding carboxylic acids is 1. The van der Waals surface area contributed by atoms with Crippen molar-refractivity contribution in [2.24, 2.45) is 0 Å². The summed E-state index contributed by atoms with van der Waals surface area (Å²) in [5.74, 6) is 1.18. The lowest BCUT2D eigenvalue weighted by atomic mass is 10.1. The van der Waals surface area contributed by atoms with E-state index in [9.17, 15) is 4.79 Å². The van der Waals surface area contributed by atoms with Crippen molar-refractivity contribution in [2.75, 3.05) is 13.9 Å². The zero-order valence-electron chi connectivity index (χ0n) is 8.08.